The van der Waals surface area contributed by atoms with Crippen LogP contribution in [0, 0.1) is 5.82 Å². The zero-order valence-corrected chi connectivity index (χ0v) is 13.6. The number of rotatable bonds is 4. The van der Waals surface area contributed by atoms with E-state index in [1.54, 1.807) is 19.2 Å². The third-order valence-corrected chi connectivity index (χ3v) is 4.25. The lowest BCUT2D eigenvalue weighted by Crippen LogP contribution is -2.38. The van der Waals surface area contributed by atoms with Crippen molar-refractivity contribution in [1.82, 2.24) is 10.6 Å². The number of halogens is 2. The summed E-state index contributed by atoms with van der Waals surface area (Å²) in [4.78, 5) is 4.20. The summed E-state index contributed by atoms with van der Waals surface area (Å²) in [7, 11) is 1.72. The van der Waals surface area contributed by atoms with Crippen LogP contribution >= 0.6 is 11.6 Å². The molecule has 1 aliphatic rings. The van der Waals surface area contributed by atoms with E-state index in [0.717, 1.165) is 11.4 Å². The predicted molar refractivity (Wildman–Crippen MR) is 92.3 cm³/mol. The normalized spacial score (nSPS) is 20.2. The average molecular weight is 332 g/mol. The topological polar surface area (TPSA) is 36.4 Å². The Labute approximate surface area is 140 Å². The summed E-state index contributed by atoms with van der Waals surface area (Å²) < 4.78 is 13.6. The second-order valence-corrected chi connectivity index (χ2v) is 6.10. The minimum atomic E-state index is -0.210. The van der Waals surface area contributed by atoms with Crippen LogP contribution in [0.25, 0.3) is 0 Å². The average Bonchev–Trinajstić information content (AvgIpc) is 3.32. The van der Waals surface area contributed by atoms with Gasteiger partial charge >= 0.3 is 0 Å². The molecule has 120 valence electrons. The van der Waals surface area contributed by atoms with E-state index in [2.05, 4.69) is 21.7 Å². The fourth-order valence-electron chi connectivity index (χ4n) is 2.65. The van der Waals surface area contributed by atoms with Gasteiger partial charge in [-0.3, -0.25) is 4.99 Å². The van der Waals surface area contributed by atoms with Crippen molar-refractivity contribution in [2.75, 3.05) is 7.05 Å². The van der Waals surface area contributed by atoms with Crippen molar-refractivity contribution < 1.29 is 4.39 Å². The Hall–Kier alpha value is -2.07. The molecule has 3 rings (SSSR count). The van der Waals surface area contributed by atoms with Crippen LogP contribution in [0.1, 0.15) is 23.5 Å². The molecule has 0 radical (unpaired) electrons. The Morgan fingerprint density at radius 3 is 2.83 bits per heavy atom. The predicted octanol–water partition coefficient (Wildman–Crippen LogP) is 3.70. The highest BCUT2D eigenvalue weighted by molar-refractivity contribution is 6.30. The van der Waals surface area contributed by atoms with Gasteiger partial charge in [-0.1, -0.05) is 41.9 Å². The standard InChI is InChI=1S/C18H19ClFN3/c1-21-18(22-11-13-5-2-3-8-16(13)20)23-17-10-15(17)12-6-4-7-14(19)9-12/h2-9,15,17H,10-11H2,1H3,(H2,21,22,23). The van der Waals surface area contributed by atoms with Crippen molar-refractivity contribution >= 4 is 17.6 Å². The number of nitrogens with zero attached hydrogens (tertiary/aromatic N) is 1. The van der Waals surface area contributed by atoms with E-state index in [-0.39, 0.29) is 5.82 Å². The van der Waals surface area contributed by atoms with Crippen LogP contribution in [-0.4, -0.2) is 19.0 Å². The van der Waals surface area contributed by atoms with Crippen LogP contribution in [0.5, 0.6) is 0 Å². The first kappa shape index (κ1) is 15.8. The fraction of sp³-hybridized carbons (Fsp3) is 0.278. The Kier molecular flexibility index (Phi) is 4.82. The lowest BCUT2D eigenvalue weighted by atomic mass is 10.1. The monoisotopic (exact) mass is 331 g/mol. The molecule has 0 aliphatic heterocycles. The summed E-state index contributed by atoms with van der Waals surface area (Å²) in [6.07, 6.45) is 1.04. The molecule has 2 unspecified atom stereocenters. The highest BCUT2D eigenvalue weighted by Gasteiger charge is 2.39. The van der Waals surface area contributed by atoms with E-state index in [0.29, 0.717) is 30.0 Å². The molecule has 0 aromatic heterocycles. The van der Waals surface area contributed by atoms with Crippen LogP contribution < -0.4 is 10.6 Å². The lowest BCUT2D eigenvalue weighted by Gasteiger charge is -2.12. The third-order valence-electron chi connectivity index (χ3n) is 4.02. The molecule has 23 heavy (non-hydrogen) atoms. The van der Waals surface area contributed by atoms with E-state index >= 15 is 0 Å². The summed E-state index contributed by atoms with van der Waals surface area (Å²) in [5.74, 6) is 0.919. The van der Waals surface area contributed by atoms with Gasteiger partial charge in [-0.15, -0.1) is 0 Å². The Bertz CT molecular complexity index is 717. The number of guanidine groups is 1. The van der Waals surface area contributed by atoms with Crippen molar-refractivity contribution in [3.05, 3.63) is 70.5 Å². The maximum atomic E-state index is 13.6. The first-order chi connectivity index (χ1) is 11.2. The number of benzene rings is 2. The molecular formula is C18H19ClFN3. The third kappa shape index (κ3) is 4.02. The van der Waals surface area contributed by atoms with Crippen LogP contribution in [0.2, 0.25) is 5.02 Å². The van der Waals surface area contributed by atoms with Gasteiger partial charge in [0.1, 0.15) is 5.82 Å². The van der Waals surface area contributed by atoms with Gasteiger partial charge in [-0.2, -0.15) is 0 Å². The van der Waals surface area contributed by atoms with E-state index in [9.17, 15) is 4.39 Å². The minimum absolute atomic E-state index is 0.210. The highest BCUT2D eigenvalue weighted by Crippen LogP contribution is 2.41. The van der Waals surface area contributed by atoms with Crippen LogP contribution in [0.4, 0.5) is 4.39 Å². The second kappa shape index (κ2) is 7.01. The molecule has 0 amide bonds. The molecule has 2 aromatic carbocycles. The van der Waals surface area contributed by atoms with Gasteiger partial charge in [0.25, 0.3) is 0 Å². The largest absolute Gasteiger partial charge is 0.353 e. The first-order valence-corrected chi connectivity index (χ1v) is 8.01. The molecule has 2 atom stereocenters. The van der Waals surface area contributed by atoms with Gasteiger partial charge in [0.15, 0.2) is 5.96 Å². The van der Waals surface area contributed by atoms with Gasteiger partial charge in [0.2, 0.25) is 0 Å². The van der Waals surface area contributed by atoms with Crippen molar-refractivity contribution in [1.29, 1.82) is 0 Å². The summed E-state index contributed by atoms with van der Waals surface area (Å²) in [6, 6.07) is 15.0. The molecule has 5 heteroatoms. The molecule has 1 fully saturated rings. The molecule has 0 spiro atoms. The number of nitrogens with one attached hydrogen (secondary N) is 2. The van der Waals surface area contributed by atoms with Crippen molar-refractivity contribution in [2.24, 2.45) is 4.99 Å². The van der Waals surface area contributed by atoms with Crippen LogP contribution in [-0.2, 0) is 6.54 Å². The molecule has 0 heterocycles. The number of hydrogen-bond acceptors (Lipinski definition) is 1. The zero-order valence-electron chi connectivity index (χ0n) is 12.9. The fourth-order valence-corrected chi connectivity index (χ4v) is 2.85. The van der Waals surface area contributed by atoms with Crippen molar-refractivity contribution in [3.8, 4) is 0 Å². The smallest absolute Gasteiger partial charge is 0.191 e. The van der Waals surface area contributed by atoms with E-state index < -0.39 is 0 Å². The van der Waals surface area contributed by atoms with Gasteiger partial charge in [-0.25, -0.2) is 4.39 Å². The minimum Gasteiger partial charge on any atom is -0.353 e. The summed E-state index contributed by atoms with van der Waals surface area (Å²) in [6.45, 7) is 0.404. The maximum Gasteiger partial charge on any atom is 0.191 e. The van der Waals surface area contributed by atoms with Crippen LogP contribution in [0.3, 0.4) is 0 Å². The molecule has 2 aromatic rings. The lowest BCUT2D eigenvalue weighted by molar-refractivity contribution is 0.604. The molecule has 1 aliphatic carbocycles. The SMILES string of the molecule is CN=C(NCc1ccccc1F)NC1CC1c1cccc(Cl)c1. The Morgan fingerprint density at radius 1 is 1.26 bits per heavy atom. The van der Waals surface area contributed by atoms with Crippen molar-refractivity contribution in [3.63, 3.8) is 0 Å². The molecule has 0 bridgehead atoms. The van der Waals surface area contributed by atoms with Gasteiger partial charge in [0.05, 0.1) is 0 Å². The number of aliphatic imine (C=N–C) groups is 1. The van der Waals surface area contributed by atoms with E-state index in [1.165, 1.54) is 11.6 Å². The van der Waals surface area contributed by atoms with Gasteiger partial charge < -0.3 is 10.6 Å². The highest BCUT2D eigenvalue weighted by atomic mass is 35.5. The Morgan fingerprint density at radius 2 is 2.09 bits per heavy atom. The molecule has 0 saturated heterocycles. The summed E-state index contributed by atoms with van der Waals surface area (Å²) in [5.41, 5.74) is 1.86. The summed E-state index contributed by atoms with van der Waals surface area (Å²) in [5, 5.41) is 7.29. The molecule has 2 N–H and O–H groups in total. The molecular weight excluding hydrogens is 313 g/mol. The molecule has 1 saturated carbocycles. The number of hydrogen-bond donors (Lipinski definition) is 2. The Balaban J connectivity index is 1.54. The van der Waals surface area contributed by atoms with Gasteiger partial charge in [-0.05, 0) is 30.2 Å². The molecule has 3 nitrogen and oxygen atoms in total. The van der Waals surface area contributed by atoms with Crippen LogP contribution in [0.15, 0.2) is 53.5 Å². The zero-order chi connectivity index (χ0) is 16.2. The van der Waals surface area contributed by atoms with E-state index in [1.807, 2.05) is 24.3 Å². The van der Waals surface area contributed by atoms with Gasteiger partial charge in [0, 0.05) is 36.1 Å². The maximum absolute atomic E-state index is 13.6. The first-order valence-electron chi connectivity index (χ1n) is 7.63. The quantitative estimate of drug-likeness (QED) is 0.662. The second-order valence-electron chi connectivity index (χ2n) is 5.67. The summed E-state index contributed by atoms with van der Waals surface area (Å²) >= 11 is 6.04. The van der Waals surface area contributed by atoms with E-state index in [4.69, 9.17) is 11.6 Å². The van der Waals surface area contributed by atoms with Crippen molar-refractivity contribution in [2.45, 2.75) is 24.9 Å².